The Balaban J connectivity index is 1.03. The van der Waals surface area contributed by atoms with Crippen molar-refractivity contribution in [2.24, 2.45) is 0 Å². The second kappa shape index (κ2) is 11.9. The van der Waals surface area contributed by atoms with Crippen LogP contribution in [0.15, 0.2) is 47.4 Å². The Kier molecular flexibility index (Phi) is 8.19. The van der Waals surface area contributed by atoms with E-state index in [9.17, 15) is 22.8 Å². The molecule has 0 radical (unpaired) electrons. The van der Waals surface area contributed by atoms with Gasteiger partial charge in [0.2, 0.25) is 21.8 Å². The van der Waals surface area contributed by atoms with Crippen LogP contribution in [0.25, 0.3) is 0 Å². The lowest BCUT2D eigenvalue weighted by Crippen LogP contribution is -2.52. The van der Waals surface area contributed by atoms with Gasteiger partial charge in [-0.25, -0.2) is 8.42 Å². The van der Waals surface area contributed by atoms with Gasteiger partial charge in [0.1, 0.15) is 6.04 Å². The van der Waals surface area contributed by atoms with Crippen LogP contribution in [-0.2, 0) is 32.7 Å². The minimum atomic E-state index is -3.47. The third-order valence-corrected chi connectivity index (χ3v) is 11.3. The molecule has 3 saturated heterocycles. The minimum Gasteiger partial charge on any atom is -0.322 e. The number of rotatable bonds is 7. The lowest BCUT2D eigenvalue weighted by molar-refractivity contribution is -0.136. The first kappa shape index (κ1) is 29.0. The number of piperazine rings is 1. The van der Waals surface area contributed by atoms with Crippen LogP contribution < -0.4 is 5.32 Å². The number of carbonyl (C=O) groups is 3. The van der Waals surface area contributed by atoms with Crippen LogP contribution in [0, 0.1) is 0 Å². The summed E-state index contributed by atoms with van der Waals surface area (Å²) in [5.41, 5.74) is 3.93. The highest BCUT2D eigenvalue weighted by Gasteiger charge is 2.39. The van der Waals surface area contributed by atoms with Crippen molar-refractivity contribution in [3.05, 3.63) is 64.7 Å². The van der Waals surface area contributed by atoms with E-state index in [4.69, 9.17) is 0 Å². The van der Waals surface area contributed by atoms with Crippen molar-refractivity contribution >= 4 is 27.7 Å². The van der Waals surface area contributed by atoms with Crippen molar-refractivity contribution in [3.8, 4) is 0 Å². The molecule has 1 unspecified atom stereocenters. The molecule has 6 rings (SSSR count). The lowest BCUT2D eigenvalue weighted by atomic mass is 9.87. The lowest BCUT2D eigenvalue weighted by Gasteiger charge is -2.33. The van der Waals surface area contributed by atoms with Gasteiger partial charge in [-0.15, -0.1) is 0 Å². The van der Waals surface area contributed by atoms with E-state index in [1.807, 2.05) is 24.3 Å². The number of fused-ring (bicyclic) bond motifs is 1. The largest absolute Gasteiger partial charge is 0.322 e. The van der Waals surface area contributed by atoms with Gasteiger partial charge >= 0.3 is 0 Å². The molecule has 10 nitrogen and oxygen atoms in total. The van der Waals surface area contributed by atoms with Gasteiger partial charge in [0.05, 0.1) is 4.90 Å². The summed E-state index contributed by atoms with van der Waals surface area (Å²) >= 11 is 0. The van der Waals surface area contributed by atoms with Gasteiger partial charge in [0, 0.05) is 51.3 Å². The maximum absolute atomic E-state index is 13.1. The highest BCUT2D eigenvalue weighted by Crippen LogP contribution is 2.34. The van der Waals surface area contributed by atoms with E-state index in [0.717, 1.165) is 63.2 Å². The van der Waals surface area contributed by atoms with E-state index in [1.54, 1.807) is 21.3 Å². The number of likely N-dealkylation sites (N-methyl/N-ethyl adjacent to an activating group) is 1. The maximum Gasteiger partial charge on any atom is 0.255 e. The number of likely N-dealkylation sites (tertiary alicyclic amines) is 1. The number of piperidine rings is 2. The number of imide groups is 1. The predicted octanol–water partition coefficient (Wildman–Crippen LogP) is 2.15. The zero-order valence-corrected chi connectivity index (χ0v) is 24.9. The number of nitrogens with one attached hydrogen (secondary N) is 1. The molecular formula is C31H39N5O5S. The quantitative estimate of drug-likeness (QED) is 0.490. The van der Waals surface area contributed by atoms with Crippen molar-refractivity contribution in [2.45, 2.75) is 62.6 Å². The molecule has 0 aliphatic carbocycles. The van der Waals surface area contributed by atoms with Crippen LogP contribution in [0.2, 0.25) is 0 Å². The van der Waals surface area contributed by atoms with Crippen LogP contribution in [0.1, 0.15) is 65.6 Å². The number of nitrogens with zero attached hydrogens (tertiary/aromatic N) is 4. The Morgan fingerprint density at radius 2 is 1.57 bits per heavy atom. The van der Waals surface area contributed by atoms with Crippen molar-refractivity contribution in [1.82, 2.24) is 24.3 Å². The summed E-state index contributed by atoms with van der Waals surface area (Å²) in [6, 6.07) is 12.8. The summed E-state index contributed by atoms with van der Waals surface area (Å²) in [4.78, 5) is 43.5. The molecule has 4 heterocycles. The Labute approximate surface area is 247 Å². The molecule has 42 heavy (non-hydrogen) atoms. The number of carbonyl (C=O) groups excluding carboxylic acids is 3. The maximum atomic E-state index is 13.1. The molecule has 0 spiro atoms. The van der Waals surface area contributed by atoms with Crippen molar-refractivity contribution < 1.29 is 22.8 Å². The summed E-state index contributed by atoms with van der Waals surface area (Å²) in [5, 5.41) is 2.36. The van der Waals surface area contributed by atoms with E-state index in [2.05, 4.69) is 28.1 Å². The average molecular weight is 594 g/mol. The minimum absolute atomic E-state index is 0.140. The molecule has 0 bridgehead atoms. The van der Waals surface area contributed by atoms with E-state index in [1.165, 1.54) is 5.56 Å². The van der Waals surface area contributed by atoms with Crippen molar-refractivity contribution in [3.63, 3.8) is 0 Å². The molecule has 1 N–H and O–H groups in total. The molecule has 2 aromatic rings. The fraction of sp³-hybridized carbons (Fsp3) is 0.516. The van der Waals surface area contributed by atoms with Crippen LogP contribution in [-0.4, -0.2) is 97.0 Å². The highest BCUT2D eigenvalue weighted by atomic mass is 32.2. The predicted molar refractivity (Wildman–Crippen MR) is 157 cm³/mol. The van der Waals surface area contributed by atoms with Gasteiger partial charge in [-0.1, -0.05) is 31.2 Å². The SMILES string of the molecule is CCN1CCN(S(=O)(=O)c2ccc(CN3CCC(c4ccc5c(c4)CN(C4CCC(=O)NC4=O)C5=O)CC3)cc2)CC1. The normalized spacial score (nSPS) is 23.3. The Morgan fingerprint density at radius 3 is 2.24 bits per heavy atom. The first-order valence-corrected chi connectivity index (χ1v) is 16.5. The first-order chi connectivity index (χ1) is 20.2. The van der Waals surface area contributed by atoms with Crippen LogP contribution in [0.3, 0.4) is 0 Å². The number of sulfonamides is 1. The van der Waals surface area contributed by atoms with E-state index < -0.39 is 16.1 Å². The first-order valence-electron chi connectivity index (χ1n) is 15.0. The number of hydrogen-bond acceptors (Lipinski definition) is 7. The molecule has 4 aliphatic heterocycles. The van der Waals surface area contributed by atoms with Crippen LogP contribution >= 0.6 is 0 Å². The Bertz CT molecular complexity index is 1460. The zero-order valence-electron chi connectivity index (χ0n) is 24.1. The summed E-state index contributed by atoms with van der Waals surface area (Å²) in [5.74, 6) is -0.414. The van der Waals surface area contributed by atoms with E-state index in [0.29, 0.717) is 42.4 Å². The molecule has 2 aromatic carbocycles. The Morgan fingerprint density at radius 1 is 0.857 bits per heavy atom. The zero-order chi connectivity index (χ0) is 29.4. The van der Waals surface area contributed by atoms with Gasteiger partial charge in [-0.05, 0) is 79.7 Å². The fourth-order valence-corrected chi connectivity index (χ4v) is 8.16. The monoisotopic (exact) mass is 593 g/mol. The summed E-state index contributed by atoms with van der Waals surface area (Å²) in [6.45, 7) is 8.70. The van der Waals surface area contributed by atoms with Crippen molar-refractivity contribution in [1.29, 1.82) is 0 Å². The van der Waals surface area contributed by atoms with Gasteiger partial charge in [0.15, 0.2) is 0 Å². The molecule has 0 aromatic heterocycles. The van der Waals surface area contributed by atoms with Gasteiger partial charge in [-0.3, -0.25) is 24.6 Å². The third-order valence-electron chi connectivity index (χ3n) is 9.35. The molecule has 0 saturated carbocycles. The number of amides is 3. The Hall–Kier alpha value is -3.12. The standard InChI is InChI=1S/C31H39N5O5S/c1-2-33-15-17-35(18-16-33)42(40,41)26-6-3-22(4-7-26)20-34-13-11-23(12-14-34)24-5-8-27-25(19-24)21-36(31(27)39)28-9-10-29(37)32-30(28)38/h3-8,19,23,28H,2,9-18,20-21H2,1H3,(H,32,37,38). The molecular weight excluding hydrogens is 554 g/mol. The number of benzene rings is 2. The van der Waals surface area contributed by atoms with Crippen molar-refractivity contribution in [2.75, 3.05) is 45.8 Å². The van der Waals surface area contributed by atoms with Gasteiger partial charge in [-0.2, -0.15) is 4.31 Å². The van der Waals surface area contributed by atoms with E-state index >= 15 is 0 Å². The summed E-state index contributed by atoms with van der Waals surface area (Å²) < 4.78 is 27.8. The van der Waals surface area contributed by atoms with Gasteiger partial charge in [0.25, 0.3) is 5.91 Å². The summed E-state index contributed by atoms with van der Waals surface area (Å²) in [6.07, 6.45) is 2.62. The molecule has 3 amide bonds. The molecule has 11 heteroatoms. The van der Waals surface area contributed by atoms with Crippen LogP contribution in [0.4, 0.5) is 0 Å². The van der Waals surface area contributed by atoms with Gasteiger partial charge < -0.3 is 9.80 Å². The summed E-state index contributed by atoms with van der Waals surface area (Å²) in [7, 11) is -3.47. The second-order valence-corrected chi connectivity index (χ2v) is 13.8. The third kappa shape index (κ3) is 5.75. The van der Waals surface area contributed by atoms with E-state index in [-0.39, 0.29) is 24.1 Å². The average Bonchev–Trinajstić information content (AvgIpc) is 3.33. The number of hydrogen-bond donors (Lipinski definition) is 1. The second-order valence-electron chi connectivity index (χ2n) is 11.8. The smallest absolute Gasteiger partial charge is 0.255 e. The highest BCUT2D eigenvalue weighted by molar-refractivity contribution is 7.89. The molecule has 4 aliphatic rings. The molecule has 1 atom stereocenters. The molecule has 224 valence electrons. The molecule has 3 fully saturated rings. The topological polar surface area (TPSA) is 110 Å². The fourth-order valence-electron chi connectivity index (χ4n) is 6.73. The van der Waals surface area contributed by atoms with Crippen LogP contribution in [0.5, 0.6) is 0 Å².